The number of hydrogen-bond acceptors (Lipinski definition) is 7. The van der Waals surface area contributed by atoms with Crippen LogP contribution in [-0.2, 0) is 14.4 Å². The molecule has 0 heterocycles. The number of benzene rings is 1. The van der Waals surface area contributed by atoms with Crippen molar-refractivity contribution in [1.29, 1.82) is 0 Å². The first kappa shape index (κ1) is 26.9. The molecule has 1 aromatic rings. The van der Waals surface area contributed by atoms with Gasteiger partial charge in [0.15, 0.2) is 5.78 Å². The van der Waals surface area contributed by atoms with Gasteiger partial charge in [0.25, 0.3) is 0 Å². The van der Waals surface area contributed by atoms with E-state index in [0.717, 1.165) is 0 Å². The van der Waals surface area contributed by atoms with Gasteiger partial charge in [-0.05, 0) is 31.4 Å². The molecule has 1 aromatic carbocycles. The highest BCUT2D eigenvalue weighted by Crippen LogP contribution is 2.29. The molecule has 5 N–H and O–H groups in total. The highest BCUT2D eigenvalue weighted by Gasteiger charge is 2.21. The second-order valence-electron chi connectivity index (χ2n) is 6.84. The first-order valence-corrected chi connectivity index (χ1v) is 9.19. The van der Waals surface area contributed by atoms with Gasteiger partial charge in [0.1, 0.15) is 29.5 Å². The molecule has 168 valence electrons. The van der Waals surface area contributed by atoms with Crippen molar-refractivity contribution in [3.8, 4) is 11.5 Å². The van der Waals surface area contributed by atoms with Crippen LogP contribution in [0.3, 0.4) is 0 Å². The second-order valence-corrected chi connectivity index (χ2v) is 6.84. The lowest BCUT2D eigenvalue weighted by Gasteiger charge is -2.16. The van der Waals surface area contributed by atoms with Crippen LogP contribution in [0.5, 0.6) is 11.5 Å². The molecular formula is C20H30N2O8. The van der Waals surface area contributed by atoms with Crippen LogP contribution in [-0.4, -0.2) is 60.1 Å². The van der Waals surface area contributed by atoms with Crippen molar-refractivity contribution in [3.63, 3.8) is 0 Å². The Hall–Kier alpha value is -3.14. The molecule has 0 fully saturated rings. The van der Waals surface area contributed by atoms with Crippen molar-refractivity contribution in [2.24, 2.45) is 11.7 Å². The average Bonchev–Trinajstić information content (AvgIpc) is 2.66. The minimum atomic E-state index is -1.18. The van der Waals surface area contributed by atoms with Gasteiger partial charge in [-0.25, -0.2) is 0 Å². The lowest BCUT2D eigenvalue weighted by Crippen LogP contribution is -2.47. The Balaban J connectivity index is 0.000000567. The Bertz CT molecular complexity index is 726. The SMILES string of the molecule is CC(C)C[C@H](N)C(=O)N[C@@H](C)C(=O)O.COc1cccc(OC)c1C(=O)CC(=O)O. The van der Waals surface area contributed by atoms with Crippen molar-refractivity contribution in [3.05, 3.63) is 23.8 Å². The highest BCUT2D eigenvalue weighted by molar-refractivity contribution is 6.08. The maximum atomic E-state index is 11.7. The number of hydrogen-bond donors (Lipinski definition) is 4. The molecule has 0 saturated heterocycles. The number of carboxylic acid groups (broad SMARTS) is 2. The zero-order chi connectivity index (χ0) is 23.4. The fourth-order valence-electron chi connectivity index (χ4n) is 2.35. The summed E-state index contributed by atoms with van der Waals surface area (Å²) in [5.74, 6) is -2.25. The quantitative estimate of drug-likeness (QED) is 0.319. The maximum Gasteiger partial charge on any atom is 0.325 e. The third-order valence-corrected chi connectivity index (χ3v) is 3.81. The third kappa shape index (κ3) is 9.37. The number of methoxy groups -OCH3 is 2. The van der Waals surface area contributed by atoms with E-state index in [4.69, 9.17) is 25.4 Å². The monoisotopic (exact) mass is 426 g/mol. The summed E-state index contributed by atoms with van der Waals surface area (Å²) in [6.45, 7) is 5.31. The molecular weight excluding hydrogens is 396 g/mol. The Morgan fingerprint density at radius 3 is 1.90 bits per heavy atom. The van der Waals surface area contributed by atoms with Gasteiger partial charge < -0.3 is 30.7 Å². The van der Waals surface area contributed by atoms with Gasteiger partial charge >= 0.3 is 11.9 Å². The minimum absolute atomic E-state index is 0.162. The van der Waals surface area contributed by atoms with Crippen LogP contribution in [0, 0.1) is 5.92 Å². The molecule has 0 bridgehead atoms. The van der Waals surface area contributed by atoms with E-state index in [1.54, 1.807) is 18.2 Å². The summed E-state index contributed by atoms with van der Waals surface area (Å²) in [5, 5.41) is 19.4. The molecule has 0 aliphatic carbocycles. The molecule has 0 spiro atoms. The number of Topliss-reactive ketones (excluding diaryl/α,β-unsaturated/α-hetero) is 1. The highest BCUT2D eigenvalue weighted by atomic mass is 16.5. The topological polar surface area (TPSA) is 165 Å². The third-order valence-electron chi connectivity index (χ3n) is 3.81. The van der Waals surface area contributed by atoms with E-state index in [0.29, 0.717) is 23.8 Å². The van der Waals surface area contributed by atoms with Crippen LogP contribution in [0.1, 0.15) is 44.0 Å². The Morgan fingerprint density at radius 1 is 1.03 bits per heavy atom. The molecule has 0 aliphatic heterocycles. The number of carbonyl (C=O) groups excluding carboxylic acids is 2. The maximum absolute atomic E-state index is 11.7. The Kier molecular flexibility index (Phi) is 11.8. The first-order chi connectivity index (χ1) is 13.9. The molecule has 0 saturated carbocycles. The Labute approximate surface area is 175 Å². The van der Waals surface area contributed by atoms with Gasteiger partial charge in [0, 0.05) is 0 Å². The van der Waals surface area contributed by atoms with Crippen molar-refractivity contribution < 1.29 is 38.9 Å². The number of nitrogens with two attached hydrogens (primary N) is 1. The predicted octanol–water partition coefficient (Wildman–Crippen LogP) is 1.31. The molecule has 0 radical (unpaired) electrons. The van der Waals surface area contributed by atoms with E-state index in [-0.39, 0.29) is 5.56 Å². The standard InChI is InChI=1S/C11H12O5.C9H18N2O3/c1-15-8-4-3-5-9(16-2)11(8)7(12)6-10(13)14;1-5(2)4-7(10)8(12)11-6(3)9(13)14/h3-5H,6H2,1-2H3,(H,13,14);5-7H,4,10H2,1-3H3,(H,11,12)(H,13,14)/t;6-,7-/m.0/s1. The number of amides is 1. The van der Waals surface area contributed by atoms with E-state index < -0.39 is 42.1 Å². The van der Waals surface area contributed by atoms with E-state index in [9.17, 15) is 19.2 Å². The number of carbonyl (C=O) groups is 4. The predicted molar refractivity (Wildman–Crippen MR) is 109 cm³/mol. The molecule has 2 atom stereocenters. The number of carboxylic acids is 2. The first-order valence-electron chi connectivity index (χ1n) is 9.19. The summed E-state index contributed by atoms with van der Waals surface area (Å²) >= 11 is 0. The molecule has 1 rings (SSSR count). The van der Waals surface area contributed by atoms with Crippen molar-refractivity contribution in [2.45, 2.75) is 45.7 Å². The fourth-order valence-corrected chi connectivity index (χ4v) is 2.35. The van der Waals surface area contributed by atoms with Gasteiger partial charge in [-0.2, -0.15) is 0 Å². The van der Waals surface area contributed by atoms with Crippen LogP contribution in [0.25, 0.3) is 0 Å². The molecule has 0 unspecified atom stereocenters. The van der Waals surface area contributed by atoms with Gasteiger partial charge in [0.2, 0.25) is 5.91 Å². The van der Waals surface area contributed by atoms with Crippen LogP contribution in [0.15, 0.2) is 18.2 Å². The lowest BCUT2D eigenvalue weighted by molar-refractivity contribution is -0.141. The summed E-state index contributed by atoms with van der Waals surface area (Å²) in [6.07, 6.45) is -0.0328. The number of ether oxygens (including phenoxy) is 2. The Morgan fingerprint density at radius 2 is 1.53 bits per heavy atom. The fraction of sp³-hybridized carbons (Fsp3) is 0.500. The van der Waals surface area contributed by atoms with Crippen molar-refractivity contribution >= 4 is 23.6 Å². The van der Waals surface area contributed by atoms with E-state index in [1.165, 1.54) is 21.1 Å². The van der Waals surface area contributed by atoms with E-state index >= 15 is 0 Å². The number of ketones is 1. The van der Waals surface area contributed by atoms with Crippen molar-refractivity contribution in [2.75, 3.05) is 14.2 Å². The summed E-state index contributed by atoms with van der Waals surface area (Å²) < 4.78 is 9.99. The van der Waals surface area contributed by atoms with Crippen molar-refractivity contribution in [1.82, 2.24) is 5.32 Å². The number of rotatable bonds is 10. The number of nitrogens with one attached hydrogen (secondary N) is 1. The van der Waals surface area contributed by atoms with Crippen LogP contribution in [0.2, 0.25) is 0 Å². The smallest absolute Gasteiger partial charge is 0.325 e. The molecule has 10 heteroatoms. The summed E-state index contributed by atoms with van der Waals surface area (Å²) in [4.78, 5) is 43.9. The van der Waals surface area contributed by atoms with Crippen LogP contribution < -0.4 is 20.5 Å². The molecule has 1 amide bonds. The second kappa shape index (κ2) is 13.2. The zero-order valence-electron chi connectivity index (χ0n) is 17.8. The normalized spacial score (nSPS) is 12.1. The molecule has 0 aliphatic rings. The van der Waals surface area contributed by atoms with Gasteiger partial charge in [-0.1, -0.05) is 19.9 Å². The molecule has 10 nitrogen and oxygen atoms in total. The summed E-state index contributed by atoms with van der Waals surface area (Å²) in [5.41, 5.74) is 5.72. The van der Waals surface area contributed by atoms with Gasteiger partial charge in [0.05, 0.1) is 20.3 Å². The lowest BCUT2D eigenvalue weighted by atomic mass is 10.0. The van der Waals surface area contributed by atoms with E-state index in [1.807, 2.05) is 13.8 Å². The van der Waals surface area contributed by atoms with Gasteiger partial charge in [-0.15, -0.1) is 0 Å². The van der Waals surface area contributed by atoms with E-state index in [2.05, 4.69) is 5.32 Å². The van der Waals surface area contributed by atoms with Crippen LogP contribution in [0.4, 0.5) is 0 Å². The summed E-state index contributed by atoms with van der Waals surface area (Å²) in [7, 11) is 2.82. The average molecular weight is 426 g/mol. The number of aliphatic carboxylic acids is 2. The largest absolute Gasteiger partial charge is 0.496 e. The van der Waals surface area contributed by atoms with Crippen LogP contribution >= 0.6 is 0 Å². The zero-order valence-corrected chi connectivity index (χ0v) is 17.8. The summed E-state index contributed by atoms with van der Waals surface area (Å²) in [6, 6.07) is 3.31. The minimum Gasteiger partial charge on any atom is -0.496 e. The molecule has 30 heavy (non-hydrogen) atoms. The molecule has 0 aromatic heterocycles. The van der Waals surface area contributed by atoms with Gasteiger partial charge in [-0.3, -0.25) is 19.2 Å².